The summed E-state index contributed by atoms with van der Waals surface area (Å²) in [7, 11) is 0. The predicted octanol–water partition coefficient (Wildman–Crippen LogP) is 9.88. The third kappa shape index (κ3) is 6.57. The molecule has 4 aliphatic carbocycles. The zero-order valence-electron chi connectivity index (χ0n) is 26.3. The maximum atomic E-state index is 14.3. The van der Waals surface area contributed by atoms with E-state index in [0.29, 0.717) is 24.8 Å². The molecule has 4 aliphatic rings. The first-order valence-corrected chi connectivity index (χ1v) is 16.3. The van der Waals surface area contributed by atoms with Crippen molar-refractivity contribution < 1.29 is 67.3 Å². The van der Waals surface area contributed by atoms with Crippen LogP contribution < -0.4 is 0 Å². The summed E-state index contributed by atoms with van der Waals surface area (Å²) >= 11 is 0. The summed E-state index contributed by atoms with van der Waals surface area (Å²) in [4.78, 5) is 0. The molecular weight excluding hydrogens is 672 g/mol. The minimum absolute atomic E-state index is 0.0226. The molecule has 0 heterocycles. The average molecular weight is 713 g/mol. The molecule has 4 bridgehead atoms. The Bertz CT molecular complexity index is 1210. The van der Waals surface area contributed by atoms with E-state index in [2.05, 4.69) is 4.74 Å². The van der Waals surface area contributed by atoms with Gasteiger partial charge >= 0.3 is 24.7 Å². The van der Waals surface area contributed by atoms with Gasteiger partial charge in [0.2, 0.25) is 0 Å². The summed E-state index contributed by atoms with van der Waals surface area (Å²) in [6, 6.07) is 8.14. The summed E-state index contributed by atoms with van der Waals surface area (Å²) < 4.78 is 177. The van der Waals surface area contributed by atoms with Crippen LogP contribution in [-0.4, -0.2) is 47.8 Å². The SMILES string of the molecule is CC1C2CC(CC2CC(OCOCc2ccccc2)(C(F)(F)F)C(F)(F)F)C1CC1C(C)C2CC(CC(O)(C(F)(F)F)C(F)(F)F)C1C2. The fourth-order valence-corrected chi connectivity index (χ4v) is 10.0. The normalized spacial score (nSPS) is 34.4. The van der Waals surface area contributed by atoms with E-state index in [-0.39, 0.29) is 55.0 Å². The number of fused-ring (bicyclic) bond motifs is 4. The molecule has 10 unspecified atom stereocenters. The van der Waals surface area contributed by atoms with Gasteiger partial charge in [0.1, 0.15) is 6.79 Å². The van der Waals surface area contributed by atoms with Gasteiger partial charge in [-0.1, -0.05) is 44.2 Å². The van der Waals surface area contributed by atoms with Crippen molar-refractivity contribution in [1.82, 2.24) is 0 Å². The first-order valence-electron chi connectivity index (χ1n) is 16.3. The van der Waals surface area contributed by atoms with E-state index in [4.69, 9.17) is 4.74 Å². The molecule has 15 heteroatoms. The van der Waals surface area contributed by atoms with Crippen LogP contribution in [0.5, 0.6) is 0 Å². The van der Waals surface area contributed by atoms with Crippen LogP contribution in [0.2, 0.25) is 0 Å². The topological polar surface area (TPSA) is 38.7 Å². The van der Waals surface area contributed by atoms with E-state index in [1.165, 1.54) is 0 Å². The van der Waals surface area contributed by atoms with Crippen molar-refractivity contribution in [2.75, 3.05) is 6.79 Å². The Morgan fingerprint density at radius 3 is 1.71 bits per heavy atom. The molecule has 4 saturated carbocycles. The van der Waals surface area contributed by atoms with Gasteiger partial charge in [-0.15, -0.1) is 0 Å². The first-order chi connectivity index (χ1) is 22.0. The van der Waals surface area contributed by atoms with Crippen LogP contribution in [0.15, 0.2) is 30.3 Å². The van der Waals surface area contributed by atoms with Gasteiger partial charge in [0.05, 0.1) is 6.61 Å². The minimum Gasteiger partial charge on any atom is -0.374 e. The summed E-state index contributed by atoms with van der Waals surface area (Å²) in [6.07, 6.45) is -24.8. The lowest BCUT2D eigenvalue weighted by Crippen LogP contribution is -2.60. The largest absolute Gasteiger partial charge is 0.426 e. The van der Waals surface area contributed by atoms with Crippen LogP contribution in [0.3, 0.4) is 0 Å². The van der Waals surface area contributed by atoms with Crippen LogP contribution in [-0.2, 0) is 16.1 Å². The van der Waals surface area contributed by atoms with Crippen molar-refractivity contribution in [3.63, 3.8) is 0 Å². The molecule has 3 nitrogen and oxygen atoms in total. The fourth-order valence-electron chi connectivity index (χ4n) is 10.0. The van der Waals surface area contributed by atoms with E-state index in [9.17, 15) is 57.8 Å². The number of hydrogen-bond donors (Lipinski definition) is 1. The molecule has 0 spiro atoms. The Hall–Kier alpha value is -1.74. The molecule has 0 saturated heterocycles. The summed E-state index contributed by atoms with van der Waals surface area (Å²) in [5.74, 6) is -4.11. The molecule has 0 radical (unpaired) electrons. The smallest absolute Gasteiger partial charge is 0.374 e. The zero-order chi connectivity index (χ0) is 35.7. The monoisotopic (exact) mass is 712 g/mol. The highest BCUT2D eigenvalue weighted by molar-refractivity contribution is 5.13. The van der Waals surface area contributed by atoms with Crippen LogP contribution in [0.25, 0.3) is 0 Å². The van der Waals surface area contributed by atoms with Crippen LogP contribution >= 0.6 is 0 Å². The van der Waals surface area contributed by atoms with E-state index >= 15 is 0 Å². The molecular formula is C33H40F12O3. The highest BCUT2D eigenvalue weighted by Crippen LogP contribution is 2.65. The molecule has 0 amide bonds. The van der Waals surface area contributed by atoms with Crippen molar-refractivity contribution in [2.45, 2.75) is 101 Å². The molecule has 274 valence electrons. The molecule has 48 heavy (non-hydrogen) atoms. The number of benzene rings is 1. The molecule has 0 aliphatic heterocycles. The Balaban J connectivity index is 1.26. The summed E-state index contributed by atoms with van der Waals surface area (Å²) in [5.41, 5.74) is -8.76. The second-order valence-electron chi connectivity index (χ2n) is 14.8. The van der Waals surface area contributed by atoms with E-state index in [1.807, 2.05) is 6.92 Å². The Labute approximate surface area is 270 Å². The van der Waals surface area contributed by atoms with Gasteiger partial charge in [0.25, 0.3) is 11.2 Å². The Morgan fingerprint density at radius 1 is 0.646 bits per heavy atom. The molecule has 10 atom stereocenters. The Morgan fingerprint density at radius 2 is 1.19 bits per heavy atom. The fraction of sp³-hybridized carbons (Fsp3) is 0.818. The van der Waals surface area contributed by atoms with Crippen molar-refractivity contribution in [2.24, 2.45) is 59.2 Å². The van der Waals surface area contributed by atoms with Gasteiger partial charge in [0.15, 0.2) is 0 Å². The van der Waals surface area contributed by atoms with Crippen LogP contribution in [0, 0.1) is 59.2 Å². The molecule has 1 aromatic carbocycles. The maximum absolute atomic E-state index is 14.3. The second-order valence-corrected chi connectivity index (χ2v) is 14.8. The number of alkyl halides is 12. The third-order valence-electron chi connectivity index (χ3n) is 12.5. The van der Waals surface area contributed by atoms with E-state index in [0.717, 1.165) is 0 Å². The van der Waals surface area contributed by atoms with Crippen molar-refractivity contribution in [1.29, 1.82) is 0 Å². The zero-order valence-corrected chi connectivity index (χ0v) is 26.3. The van der Waals surface area contributed by atoms with Crippen molar-refractivity contribution in [3.05, 3.63) is 35.9 Å². The lowest BCUT2D eigenvalue weighted by Gasteiger charge is -2.44. The van der Waals surface area contributed by atoms with Crippen molar-refractivity contribution >= 4 is 0 Å². The van der Waals surface area contributed by atoms with Gasteiger partial charge in [0, 0.05) is 0 Å². The van der Waals surface area contributed by atoms with E-state index in [1.54, 1.807) is 37.3 Å². The molecule has 1 aromatic rings. The lowest BCUT2D eigenvalue weighted by molar-refractivity contribution is -0.399. The average Bonchev–Trinajstić information content (AvgIpc) is 3.70. The maximum Gasteiger partial charge on any atom is 0.426 e. The minimum atomic E-state index is -5.91. The van der Waals surface area contributed by atoms with E-state index < -0.39 is 79.2 Å². The highest BCUT2D eigenvalue weighted by Gasteiger charge is 2.74. The predicted molar refractivity (Wildman–Crippen MR) is 148 cm³/mol. The van der Waals surface area contributed by atoms with Gasteiger partial charge in [-0.2, -0.15) is 52.7 Å². The molecule has 1 N–H and O–H groups in total. The third-order valence-corrected chi connectivity index (χ3v) is 12.5. The molecule has 4 fully saturated rings. The highest BCUT2D eigenvalue weighted by atomic mass is 19.4. The van der Waals surface area contributed by atoms with Gasteiger partial charge in [-0.05, 0) is 110 Å². The summed E-state index contributed by atoms with van der Waals surface area (Å²) in [5, 5.41) is 9.87. The molecule has 0 aromatic heterocycles. The number of rotatable bonds is 11. The molecule has 5 rings (SSSR count). The number of aliphatic hydroxyl groups is 1. The standard InChI is InChI=1S/C33H40F12O3/c1-17-20-8-22(13-28(46,30(34,35)36)31(37,38)39)27(10-20)26(17)12-25-18(2)24-11-21(25)9-23(24)14-29(32(40,41)42,33(43,44)45)48-16-47-15-19-6-4-3-5-7-19/h3-7,17-18,20-27,46H,8-16H2,1-2H3. The van der Waals surface area contributed by atoms with Crippen LogP contribution in [0.1, 0.15) is 64.4 Å². The second kappa shape index (κ2) is 12.8. The van der Waals surface area contributed by atoms with Crippen LogP contribution in [0.4, 0.5) is 52.7 Å². The van der Waals surface area contributed by atoms with Crippen molar-refractivity contribution in [3.8, 4) is 0 Å². The first kappa shape index (κ1) is 37.5. The summed E-state index contributed by atoms with van der Waals surface area (Å²) in [6.45, 7) is 2.15. The quantitative estimate of drug-likeness (QED) is 0.141. The van der Waals surface area contributed by atoms with Gasteiger partial charge in [-0.3, -0.25) is 0 Å². The Kier molecular flexibility index (Phi) is 10.00. The van der Waals surface area contributed by atoms with Gasteiger partial charge < -0.3 is 14.6 Å². The lowest BCUT2D eigenvalue weighted by atomic mass is 9.64. The number of halogens is 12. The van der Waals surface area contributed by atoms with Gasteiger partial charge in [-0.25, -0.2) is 0 Å². The number of hydrogen-bond acceptors (Lipinski definition) is 3. The number of ether oxygens (including phenoxy) is 2.